The lowest BCUT2D eigenvalue weighted by Gasteiger charge is -2.48. The monoisotopic (exact) mass is 338 g/mol. The Morgan fingerprint density at radius 2 is 2.15 bits per heavy atom. The van der Waals surface area contributed by atoms with Gasteiger partial charge in [-0.15, -0.1) is 0 Å². The lowest BCUT2D eigenvalue weighted by atomic mass is 9.96. The van der Waals surface area contributed by atoms with E-state index in [-0.39, 0.29) is 6.61 Å². The van der Waals surface area contributed by atoms with Crippen LogP contribution in [-0.4, -0.2) is 41.7 Å². The van der Waals surface area contributed by atoms with Gasteiger partial charge in [0, 0.05) is 29.6 Å². The van der Waals surface area contributed by atoms with Crippen molar-refractivity contribution in [3.63, 3.8) is 0 Å². The number of anilines is 1. The maximum Gasteiger partial charge on any atom is 0.0682 e. The van der Waals surface area contributed by atoms with Crippen molar-refractivity contribution in [3.05, 3.63) is 28.2 Å². The zero-order valence-electron chi connectivity index (χ0n) is 12.1. The number of hydrogen-bond donors (Lipinski definition) is 1. The number of piperazine rings is 1. The van der Waals surface area contributed by atoms with E-state index in [9.17, 15) is 5.11 Å². The van der Waals surface area contributed by atoms with E-state index in [0.29, 0.717) is 12.1 Å². The summed E-state index contributed by atoms with van der Waals surface area (Å²) in [5, 5.41) is 9.23. The number of aliphatic hydroxyl groups is 1. The van der Waals surface area contributed by atoms with Gasteiger partial charge in [-0.05, 0) is 59.9 Å². The van der Waals surface area contributed by atoms with Gasteiger partial charge < -0.3 is 10.0 Å². The Labute approximate surface area is 129 Å². The molecule has 2 atom stereocenters. The van der Waals surface area contributed by atoms with Crippen molar-refractivity contribution in [2.75, 3.05) is 24.5 Å². The average molecular weight is 339 g/mol. The highest BCUT2D eigenvalue weighted by molar-refractivity contribution is 9.10. The minimum Gasteiger partial charge on any atom is -0.392 e. The Hall–Kier alpha value is -0.580. The van der Waals surface area contributed by atoms with Crippen LogP contribution in [0.1, 0.15) is 31.7 Å². The Balaban J connectivity index is 1.82. The molecule has 3 nitrogen and oxygen atoms in total. The van der Waals surface area contributed by atoms with Crippen LogP contribution < -0.4 is 4.90 Å². The molecule has 0 aliphatic carbocycles. The van der Waals surface area contributed by atoms with Crippen LogP contribution >= 0.6 is 15.9 Å². The fourth-order valence-electron chi connectivity index (χ4n) is 3.57. The van der Waals surface area contributed by atoms with Gasteiger partial charge in [0.05, 0.1) is 12.3 Å². The summed E-state index contributed by atoms with van der Waals surface area (Å²) in [5.74, 6) is 0. The van der Waals surface area contributed by atoms with Gasteiger partial charge in [-0.25, -0.2) is 0 Å². The van der Waals surface area contributed by atoms with E-state index >= 15 is 0 Å². The minimum atomic E-state index is 0.102. The molecular formula is C16H23BrN2O. The van der Waals surface area contributed by atoms with Crippen LogP contribution in [0.3, 0.4) is 0 Å². The smallest absolute Gasteiger partial charge is 0.0682 e. The molecule has 20 heavy (non-hydrogen) atoms. The molecule has 0 aromatic heterocycles. The Morgan fingerprint density at radius 1 is 1.30 bits per heavy atom. The molecule has 3 rings (SSSR count). The van der Waals surface area contributed by atoms with Gasteiger partial charge in [0.2, 0.25) is 0 Å². The van der Waals surface area contributed by atoms with Gasteiger partial charge in [-0.3, -0.25) is 4.90 Å². The van der Waals surface area contributed by atoms with Crippen LogP contribution in [0.15, 0.2) is 22.7 Å². The highest BCUT2D eigenvalue weighted by Gasteiger charge is 2.33. The SMILES string of the molecule is CC1CN2CCCCC2CN1c1ccc(CO)cc1Br. The van der Waals surface area contributed by atoms with Gasteiger partial charge in [0.25, 0.3) is 0 Å². The lowest BCUT2D eigenvalue weighted by Crippen LogP contribution is -2.58. The number of fused-ring (bicyclic) bond motifs is 1. The van der Waals surface area contributed by atoms with Crippen LogP contribution in [0.4, 0.5) is 5.69 Å². The second-order valence-corrected chi connectivity index (χ2v) is 6.94. The third kappa shape index (κ3) is 2.74. The number of piperidine rings is 1. The van der Waals surface area contributed by atoms with Crippen molar-refractivity contribution < 1.29 is 5.11 Å². The van der Waals surface area contributed by atoms with Crippen molar-refractivity contribution in [2.24, 2.45) is 0 Å². The topological polar surface area (TPSA) is 26.7 Å². The van der Waals surface area contributed by atoms with Crippen LogP contribution in [0, 0.1) is 0 Å². The Bertz CT molecular complexity index is 480. The molecule has 1 aromatic carbocycles. The molecule has 2 unspecified atom stereocenters. The van der Waals surface area contributed by atoms with Gasteiger partial charge in [-0.1, -0.05) is 12.5 Å². The number of nitrogens with zero attached hydrogens (tertiary/aromatic N) is 2. The largest absolute Gasteiger partial charge is 0.392 e. The number of rotatable bonds is 2. The summed E-state index contributed by atoms with van der Waals surface area (Å²) in [4.78, 5) is 5.19. The van der Waals surface area contributed by atoms with E-state index in [0.717, 1.165) is 16.6 Å². The van der Waals surface area contributed by atoms with E-state index in [4.69, 9.17) is 0 Å². The predicted molar refractivity (Wildman–Crippen MR) is 86.1 cm³/mol. The van der Waals surface area contributed by atoms with Crippen molar-refractivity contribution >= 4 is 21.6 Å². The summed E-state index contributed by atoms with van der Waals surface area (Å²) < 4.78 is 1.10. The number of benzene rings is 1. The van der Waals surface area contributed by atoms with Crippen LogP contribution in [0.25, 0.3) is 0 Å². The molecule has 2 aliphatic heterocycles. The Kier molecular flexibility index (Phi) is 4.34. The van der Waals surface area contributed by atoms with Gasteiger partial charge in [0.1, 0.15) is 0 Å². The molecule has 4 heteroatoms. The molecular weight excluding hydrogens is 316 g/mol. The lowest BCUT2D eigenvalue weighted by molar-refractivity contribution is 0.115. The molecule has 2 fully saturated rings. The molecule has 0 bridgehead atoms. The first-order valence-corrected chi connectivity index (χ1v) is 8.38. The number of hydrogen-bond acceptors (Lipinski definition) is 3. The zero-order chi connectivity index (χ0) is 14.1. The highest BCUT2D eigenvalue weighted by Crippen LogP contribution is 2.33. The summed E-state index contributed by atoms with van der Waals surface area (Å²) in [5.41, 5.74) is 2.23. The molecule has 2 saturated heterocycles. The third-order valence-electron chi connectivity index (χ3n) is 4.69. The average Bonchev–Trinajstić information content (AvgIpc) is 2.46. The van der Waals surface area contributed by atoms with Crippen molar-refractivity contribution in [1.82, 2.24) is 4.90 Å². The molecule has 1 aromatic rings. The summed E-state index contributed by atoms with van der Waals surface area (Å²) >= 11 is 3.67. The first-order chi connectivity index (χ1) is 9.69. The highest BCUT2D eigenvalue weighted by atomic mass is 79.9. The van der Waals surface area contributed by atoms with E-state index in [2.05, 4.69) is 38.7 Å². The van der Waals surface area contributed by atoms with E-state index in [1.165, 1.54) is 38.0 Å². The molecule has 1 N–H and O–H groups in total. The van der Waals surface area contributed by atoms with Gasteiger partial charge in [-0.2, -0.15) is 0 Å². The van der Waals surface area contributed by atoms with Gasteiger partial charge in [0.15, 0.2) is 0 Å². The molecule has 2 heterocycles. The van der Waals surface area contributed by atoms with E-state index < -0.39 is 0 Å². The zero-order valence-corrected chi connectivity index (χ0v) is 13.6. The maximum absolute atomic E-state index is 9.23. The molecule has 0 saturated carbocycles. The predicted octanol–water partition coefficient (Wildman–Crippen LogP) is 3.00. The second kappa shape index (κ2) is 6.04. The summed E-state index contributed by atoms with van der Waals surface area (Å²) in [6.45, 7) is 5.98. The first kappa shape index (κ1) is 14.4. The van der Waals surface area contributed by atoms with Crippen molar-refractivity contribution in [1.29, 1.82) is 0 Å². The van der Waals surface area contributed by atoms with E-state index in [1.54, 1.807) is 0 Å². The van der Waals surface area contributed by atoms with E-state index in [1.807, 2.05) is 12.1 Å². The van der Waals surface area contributed by atoms with Crippen LogP contribution in [0.5, 0.6) is 0 Å². The maximum atomic E-state index is 9.23. The quantitative estimate of drug-likeness (QED) is 0.897. The van der Waals surface area contributed by atoms with Gasteiger partial charge >= 0.3 is 0 Å². The standard InChI is InChI=1S/C16H23BrN2O/c1-12-9-18-7-3-2-4-14(18)10-19(12)16-6-5-13(11-20)8-15(16)17/h5-6,8,12,14,20H,2-4,7,9-11H2,1H3. The van der Waals surface area contributed by atoms with Crippen LogP contribution in [0.2, 0.25) is 0 Å². The molecule has 110 valence electrons. The van der Waals surface area contributed by atoms with Crippen molar-refractivity contribution in [2.45, 2.75) is 44.9 Å². The molecule has 2 aliphatic rings. The molecule has 0 radical (unpaired) electrons. The Morgan fingerprint density at radius 3 is 2.90 bits per heavy atom. The first-order valence-electron chi connectivity index (χ1n) is 7.59. The third-order valence-corrected chi connectivity index (χ3v) is 5.33. The normalized spacial score (nSPS) is 27.4. The molecule has 0 spiro atoms. The second-order valence-electron chi connectivity index (χ2n) is 6.09. The summed E-state index contributed by atoms with van der Waals surface area (Å²) in [6, 6.07) is 7.46. The summed E-state index contributed by atoms with van der Waals surface area (Å²) in [7, 11) is 0. The fourth-order valence-corrected chi connectivity index (χ4v) is 4.22. The van der Waals surface area contributed by atoms with Crippen molar-refractivity contribution in [3.8, 4) is 0 Å². The molecule has 0 amide bonds. The fraction of sp³-hybridized carbons (Fsp3) is 0.625. The summed E-state index contributed by atoms with van der Waals surface area (Å²) in [6.07, 6.45) is 4.06. The number of halogens is 1. The van der Waals surface area contributed by atoms with Crippen LogP contribution in [-0.2, 0) is 6.61 Å². The number of aliphatic hydroxyl groups excluding tert-OH is 1. The minimum absolute atomic E-state index is 0.102.